The van der Waals surface area contributed by atoms with Crippen molar-refractivity contribution >= 4 is 82.6 Å². The molecule has 276 valence electrons. The van der Waals surface area contributed by atoms with Crippen LogP contribution in [0.3, 0.4) is 0 Å². The molecule has 0 amide bonds. The largest absolute Gasteiger partial charge is 0.456 e. The van der Waals surface area contributed by atoms with E-state index < -0.39 is 0 Å². The Morgan fingerprint density at radius 1 is 0.373 bits per heavy atom. The summed E-state index contributed by atoms with van der Waals surface area (Å²) < 4.78 is 13.1. The number of rotatable bonds is 6. The van der Waals surface area contributed by atoms with Crippen LogP contribution in [0.1, 0.15) is 0 Å². The van der Waals surface area contributed by atoms with Crippen molar-refractivity contribution in [1.29, 1.82) is 0 Å². The van der Waals surface area contributed by atoms with Crippen molar-refractivity contribution in [2.75, 3.05) is 4.90 Å². The van der Waals surface area contributed by atoms with Crippen LogP contribution >= 0.6 is 0 Å². The highest BCUT2D eigenvalue weighted by Crippen LogP contribution is 2.45. The maximum absolute atomic E-state index is 6.90. The molecule has 5 heteroatoms. The van der Waals surface area contributed by atoms with Gasteiger partial charge in [0.25, 0.3) is 0 Å². The Hall–Kier alpha value is -8.02. The second kappa shape index (κ2) is 13.3. The van der Waals surface area contributed by atoms with Crippen LogP contribution in [0.5, 0.6) is 0 Å². The molecule has 12 aromatic rings. The van der Waals surface area contributed by atoms with Crippen LogP contribution < -0.4 is 4.90 Å². The second-order valence-corrected chi connectivity index (χ2v) is 14.9. The second-order valence-electron chi connectivity index (χ2n) is 14.9. The third kappa shape index (κ3) is 5.47. The van der Waals surface area contributed by atoms with Gasteiger partial charge in [-0.3, -0.25) is 0 Å². The van der Waals surface area contributed by atoms with E-state index in [-0.39, 0.29) is 0 Å². The van der Waals surface area contributed by atoms with Gasteiger partial charge in [0, 0.05) is 49.6 Å². The fourth-order valence-corrected chi connectivity index (χ4v) is 8.68. The van der Waals surface area contributed by atoms with E-state index in [9.17, 15) is 0 Å². The van der Waals surface area contributed by atoms with Crippen LogP contribution in [0.25, 0.3) is 99.3 Å². The number of aromatic nitrogens is 2. The number of benzene rings is 9. The predicted molar refractivity (Wildman–Crippen MR) is 243 cm³/mol. The van der Waals surface area contributed by atoms with E-state index in [4.69, 9.17) is 18.8 Å². The molecule has 0 spiro atoms. The molecule has 0 N–H and O–H groups in total. The Morgan fingerprint density at radius 3 is 1.86 bits per heavy atom. The summed E-state index contributed by atoms with van der Waals surface area (Å²) in [5.74, 6) is 0.582. The molecule has 12 rings (SSSR count). The third-order valence-electron chi connectivity index (χ3n) is 11.4. The van der Waals surface area contributed by atoms with E-state index >= 15 is 0 Å². The van der Waals surface area contributed by atoms with Crippen molar-refractivity contribution < 1.29 is 8.83 Å². The summed E-state index contributed by atoms with van der Waals surface area (Å²) in [6.45, 7) is 0. The molecule has 0 fully saturated rings. The molecule has 59 heavy (non-hydrogen) atoms. The number of hydrogen-bond acceptors (Lipinski definition) is 5. The van der Waals surface area contributed by atoms with E-state index in [1.165, 1.54) is 5.56 Å². The fraction of sp³-hybridized carbons (Fsp3) is 0. The average molecular weight is 756 g/mol. The molecule has 9 aromatic carbocycles. The van der Waals surface area contributed by atoms with E-state index in [1.807, 2.05) is 42.5 Å². The summed E-state index contributed by atoms with van der Waals surface area (Å²) in [5.41, 5.74) is 12.1. The quantitative estimate of drug-likeness (QED) is 0.169. The van der Waals surface area contributed by atoms with Crippen molar-refractivity contribution in [3.05, 3.63) is 200 Å². The minimum absolute atomic E-state index is 0.582. The van der Waals surface area contributed by atoms with E-state index in [2.05, 4.69) is 163 Å². The highest BCUT2D eigenvalue weighted by Gasteiger charge is 2.23. The van der Waals surface area contributed by atoms with Crippen LogP contribution in [0.15, 0.2) is 209 Å². The smallest absolute Gasteiger partial charge is 0.164 e. The standard InChI is InChI=1S/C54H33N3O2/c1-3-13-34(14-4-1)35-23-27-39(28-24-35)57(38-16-5-2-6-17-38)40-32-45-51-41-18-8-7-15-36(41)25-30-50(51)59-53(45)46(33-40)54-55-47-21-11-9-20-43(47)52(56-54)37-26-29-49-44(31-37)42-19-10-12-22-48(42)58-49/h1-33H. The number of anilines is 3. The van der Waals surface area contributed by atoms with E-state index in [1.54, 1.807) is 0 Å². The molecule has 0 unspecified atom stereocenters. The summed E-state index contributed by atoms with van der Waals surface area (Å²) in [4.78, 5) is 13.1. The summed E-state index contributed by atoms with van der Waals surface area (Å²) in [6, 6.07) is 69.7. The highest BCUT2D eigenvalue weighted by molar-refractivity contribution is 6.21. The van der Waals surface area contributed by atoms with Gasteiger partial charge in [0.2, 0.25) is 0 Å². The lowest BCUT2D eigenvalue weighted by Crippen LogP contribution is -2.10. The topological polar surface area (TPSA) is 55.3 Å². The summed E-state index contributed by atoms with van der Waals surface area (Å²) >= 11 is 0. The number of furan rings is 2. The zero-order valence-electron chi connectivity index (χ0n) is 31.7. The lowest BCUT2D eigenvalue weighted by Gasteiger charge is -2.26. The zero-order chi connectivity index (χ0) is 38.9. The molecule has 3 aromatic heterocycles. The molecule has 0 aliphatic carbocycles. The molecular weight excluding hydrogens is 723 g/mol. The van der Waals surface area contributed by atoms with Gasteiger partial charge in [-0.2, -0.15) is 0 Å². The van der Waals surface area contributed by atoms with Gasteiger partial charge in [-0.05, 0) is 94.7 Å². The van der Waals surface area contributed by atoms with Crippen molar-refractivity contribution in [2.24, 2.45) is 0 Å². The molecule has 5 nitrogen and oxygen atoms in total. The predicted octanol–water partition coefficient (Wildman–Crippen LogP) is 15.1. The van der Waals surface area contributed by atoms with E-state index in [0.717, 1.165) is 105 Å². The van der Waals surface area contributed by atoms with E-state index in [0.29, 0.717) is 5.82 Å². The molecule has 0 aliphatic rings. The van der Waals surface area contributed by atoms with Crippen LogP contribution in [-0.2, 0) is 0 Å². The lowest BCUT2D eigenvalue weighted by molar-refractivity contribution is 0.669. The Bertz CT molecular complexity index is 3550. The highest BCUT2D eigenvalue weighted by atomic mass is 16.3. The van der Waals surface area contributed by atoms with Crippen molar-refractivity contribution in [3.63, 3.8) is 0 Å². The number of nitrogens with zero attached hydrogens (tertiary/aromatic N) is 3. The number of fused-ring (bicyclic) bond motifs is 9. The number of hydrogen-bond donors (Lipinski definition) is 0. The maximum atomic E-state index is 6.90. The molecule has 3 heterocycles. The van der Waals surface area contributed by atoms with Gasteiger partial charge in [0.05, 0.1) is 16.8 Å². The first-order valence-corrected chi connectivity index (χ1v) is 19.8. The van der Waals surface area contributed by atoms with Crippen LogP contribution in [0.4, 0.5) is 17.1 Å². The van der Waals surface area contributed by atoms with Gasteiger partial charge in [-0.1, -0.05) is 127 Å². The molecule has 0 bridgehead atoms. The molecule has 0 radical (unpaired) electrons. The maximum Gasteiger partial charge on any atom is 0.164 e. The lowest BCUT2D eigenvalue weighted by atomic mass is 10.00. The molecule has 0 aliphatic heterocycles. The van der Waals surface area contributed by atoms with Gasteiger partial charge in [0.1, 0.15) is 22.3 Å². The van der Waals surface area contributed by atoms with Gasteiger partial charge in [0.15, 0.2) is 5.82 Å². The normalized spacial score (nSPS) is 11.7. The van der Waals surface area contributed by atoms with Crippen LogP contribution in [-0.4, -0.2) is 9.97 Å². The molecule has 0 atom stereocenters. The zero-order valence-corrected chi connectivity index (χ0v) is 31.7. The van der Waals surface area contributed by atoms with Crippen molar-refractivity contribution in [3.8, 4) is 33.8 Å². The summed E-state index contributed by atoms with van der Waals surface area (Å²) in [6.07, 6.45) is 0. The summed E-state index contributed by atoms with van der Waals surface area (Å²) in [5, 5.41) is 7.43. The van der Waals surface area contributed by atoms with Crippen molar-refractivity contribution in [1.82, 2.24) is 9.97 Å². The Balaban J connectivity index is 1.13. The van der Waals surface area contributed by atoms with Gasteiger partial charge < -0.3 is 13.7 Å². The Kier molecular flexibility index (Phi) is 7.47. The summed E-state index contributed by atoms with van der Waals surface area (Å²) in [7, 11) is 0. The van der Waals surface area contributed by atoms with Crippen LogP contribution in [0, 0.1) is 0 Å². The molecule has 0 saturated carbocycles. The minimum Gasteiger partial charge on any atom is -0.456 e. The monoisotopic (exact) mass is 755 g/mol. The van der Waals surface area contributed by atoms with Gasteiger partial charge in [-0.15, -0.1) is 0 Å². The molecular formula is C54H33N3O2. The van der Waals surface area contributed by atoms with Crippen LogP contribution in [0.2, 0.25) is 0 Å². The first-order valence-electron chi connectivity index (χ1n) is 19.8. The molecule has 0 saturated heterocycles. The minimum atomic E-state index is 0.582. The fourth-order valence-electron chi connectivity index (χ4n) is 8.68. The average Bonchev–Trinajstić information content (AvgIpc) is 3.88. The Labute approximate surface area is 339 Å². The SMILES string of the molecule is c1ccc(-c2ccc(N(c3ccccc3)c3cc(-c4nc(-c5ccc6oc7ccccc7c6c5)c5ccccc5n4)c4oc5ccc6ccccc6c5c4c3)cc2)cc1. The van der Waals surface area contributed by atoms with Gasteiger partial charge in [-0.25, -0.2) is 9.97 Å². The van der Waals surface area contributed by atoms with Gasteiger partial charge >= 0.3 is 0 Å². The first kappa shape index (κ1) is 33.2. The first-order chi connectivity index (χ1) is 29.2. The Morgan fingerprint density at radius 2 is 1.02 bits per heavy atom. The third-order valence-corrected chi connectivity index (χ3v) is 11.4. The number of para-hydroxylation sites is 3. The van der Waals surface area contributed by atoms with Crippen molar-refractivity contribution in [2.45, 2.75) is 0 Å².